The van der Waals surface area contributed by atoms with Crippen LogP contribution in [0.5, 0.6) is 0 Å². The zero-order valence-corrected chi connectivity index (χ0v) is 13.4. The summed E-state index contributed by atoms with van der Waals surface area (Å²) in [6.07, 6.45) is 4.02. The van der Waals surface area contributed by atoms with Gasteiger partial charge in [-0.2, -0.15) is 0 Å². The molecule has 0 aromatic heterocycles. The quantitative estimate of drug-likeness (QED) is 0.842. The molecular formula is C16H33N3. The zero-order chi connectivity index (χ0) is 13.9. The highest BCUT2D eigenvalue weighted by atomic mass is 15.3. The fourth-order valence-electron chi connectivity index (χ4n) is 3.22. The predicted molar refractivity (Wildman–Crippen MR) is 82.6 cm³/mol. The molecule has 0 spiro atoms. The smallest absolute Gasteiger partial charge is 0.0222 e. The van der Waals surface area contributed by atoms with Crippen LogP contribution in [0.4, 0.5) is 0 Å². The van der Waals surface area contributed by atoms with Crippen molar-refractivity contribution in [2.24, 2.45) is 5.92 Å². The van der Waals surface area contributed by atoms with Crippen molar-refractivity contribution >= 4 is 0 Å². The Morgan fingerprint density at radius 3 is 2.37 bits per heavy atom. The number of nitrogens with one attached hydrogen (secondary N) is 1. The highest BCUT2D eigenvalue weighted by Gasteiger charge is 2.30. The lowest BCUT2D eigenvalue weighted by atomic mass is 9.90. The third kappa shape index (κ3) is 4.73. The van der Waals surface area contributed by atoms with Gasteiger partial charge in [0, 0.05) is 44.3 Å². The molecule has 0 aromatic carbocycles. The largest absolute Gasteiger partial charge is 0.310 e. The molecule has 2 aliphatic heterocycles. The van der Waals surface area contributed by atoms with Gasteiger partial charge in [-0.15, -0.1) is 0 Å². The minimum absolute atomic E-state index is 0.357. The van der Waals surface area contributed by atoms with Crippen molar-refractivity contribution in [2.45, 2.75) is 58.5 Å². The van der Waals surface area contributed by atoms with Crippen molar-refractivity contribution in [1.29, 1.82) is 0 Å². The van der Waals surface area contributed by atoms with Gasteiger partial charge in [0.25, 0.3) is 0 Å². The molecule has 3 nitrogen and oxygen atoms in total. The molecule has 0 aliphatic carbocycles. The van der Waals surface area contributed by atoms with Gasteiger partial charge in [0.15, 0.2) is 0 Å². The van der Waals surface area contributed by atoms with E-state index in [1.807, 2.05) is 0 Å². The summed E-state index contributed by atoms with van der Waals surface area (Å²) in [6, 6.07) is 0.778. The molecule has 0 radical (unpaired) electrons. The lowest BCUT2D eigenvalue weighted by Gasteiger charge is -2.44. The molecular weight excluding hydrogens is 234 g/mol. The molecule has 2 heterocycles. The summed E-state index contributed by atoms with van der Waals surface area (Å²) in [6.45, 7) is 16.9. The normalized spacial score (nSPS) is 29.8. The van der Waals surface area contributed by atoms with Crippen LogP contribution in [-0.2, 0) is 0 Å². The van der Waals surface area contributed by atoms with E-state index >= 15 is 0 Å². The van der Waals surface area contributed by atoms with Gasteiger partial charge >= 0.3 is 0 Å². The molecule has 1 atom stereocenters. The van der Waals surface area contributed by atoms with Gasteiger partial charge in [-0.05, 0) is 45.6 Å². The highest BCUT2D eigenvalue weighted by Crippen LogP contribution is 2.22. The molecule has 2 saturated heterocycles. The molecule has 1 N–H and O–H groups in total. The summed E-state index contributed by atoms with van der Waals surface area (Å²) >= 11 is 0. The molecule has 0 aromatic rings. The van der Waals surface area contributed by atoms with E-state index in [4.69, 9.17) is 0 Å². The van der Waals surface area contributed by atoms with Crippen LogP contribution in [-0.4, -0.2) is 60.6 Å². The van der Waals surface area contributed by atoms with E-state index in [-0.39, 0.29) is 0 Å². The van der Waals surface area contributed by atoms with E-state index in [9.17, 15) is 0 Å². The molecule has 2 rings (SSSR count). The van der Waals surface area contributed by atoms with E-state index in [0.717, 1.165) is 12.0 Å². The maximum absolute atomic E-state index is 3.70. The Morgan fingerprint density at radius 2 is 1.84 bits per heavy atom. The van der Waals surface area contributed by atoms with Crippen LogP contribution in [0, 0.1) is 5.92 Å². The first kappa shape index (κ1) is 15.3. The van der Waals surface area contributed by atoms with Gasteiger partial charge in [-0.25, -0.2) is 0 Å². The number of hydrogen-bond acceptors (Lipinski definition) is 3. The van der Waals surface area contributed by atoms with Crippen LogP contribution in [0.15, 0.2) is 0 Å². The molecule has 19 heavy (non-hydrogen) atoms. The number of piperidine rings is 1. The van der Waals surface area contributed by atoms with Gasteiger partial charge in [-0.1, -0.05) is 13.8 Å². The van der Waals surface area contributed by atoms with Crippen molar-refractivity contribution in [3.63, 3.8) is 0 Å². The first-order chi connectivity index (χ1) is 8.96. The van der Waals surface area contributed by atoms with Crippen LogP contribution in [0.2, 0.25) is 0 Å². The summed E-state index contributed by atoms with van der Waals surface area (Å²) in [7, 11) is 0. The summed E-state index contributed by atoms with van der Waals surface area (Å²) in [5.74, 6) is 0.836. The van der Waals surface area contributed by atoms with E-state index in [0.29, 0.717) is 5.54 Å². The Kier molecular flexibility index (Phi) is 5.27. The lowest BCUT2D eigenvalue weighted by molar-refractivity contribution is 0.0685. The van der Waals surface area contributed by atoms with Gasteiger partial charge in [0.2, 0.25) is 0 Å². The molecule has 0 saturated carbocycles. The van der Waals surface area contributed by atoms with E-state index in [2.05, 4.69) is 42.8 Å². The summed E-state index contributed by atoms with van der Waals surface area (Å²) < 4.78 is 0. The second-order valence-electron chi connectivity index (χ2n) is 7.52. The first-order valence-electron chi connectivity index (χ1n) is 8.18. The summed E-state index contributed by atoms with van der Waals surface area (Å²) in [5.41, 5.74) is 0.357. The number of hydrogen-bond donors (Lipinski definition) is 1. The van der Waals surface area contributed by atoms with Gasteiger partial charge < -0.3 is 10.2 Å². The molecule has 1 unspecified atom stereocenters. The maximum atomic E-state index is 3.70. The first-order valence-corrected chi connectivity index (χ1v) is 8.18. The molecule has 0 bridgehead atoms. The van der Waals surface area contributed by atoms with Crippen LogP contribution < -0.4 is 5.32 Å². The maximum Gasteiger partial charge on any atom is 0.0222 e. The van der Waals surface area contributed by atoms with Crippen molar-refractivity contribution in [3.8, 4) is 0 Å². The summed E-state index contributed by atoms with van der Waals surface area (Å²) in [5, 5.41) is 3.70. The molecule has 3 heteroatoms. The van der Waals surface area contributed by atoms with E-state index in [1.165, 1.54) is 58.5 Å². The molecule has 0 amide bonds. The van der Waals surface area contributed by atoms with Crippen LogP contribution in [0.3, 0.4) is 0 Å². The topological polar surface area (TPSA) is 18.5 Å². The van der Waals surface area contributed by atoms with Gasteiger partial charge in [0.05, 0.1) is 0 Å². The second-order valence-corrected chi connectivity index (χ2v) is 7.52. The van der Waals surface area contributed by atoms with Crippen molar-refractivity contribution in [2.75, 3.05) is 39.3 Å². The summed E-state index contributed by atoms with van der Waals surface area (Å²) in [4.78, 5) is 5.37. The Bertz CT molecular complexity index is 257. The van der Waals surface area contributed by atoms with E-state index < -0.39 is 0 Å². The van der Waals surface area contributed by atoms with E-state index in [1.54, 1.807) is 0 Å². The van der Waals surface area contributed by atoms with Crippen LogP contribution in [0.1, 0.15) is 47.0 Å². The SMILES string of the molecule is CC(C)CCN1CCN(C2CCC(C)(C)NC2)CC1. The number of nitrogens with zero attached hydrogens (tertiary/aromatic N) is 2. The Morgan fingerprint density at radius 1 is 1.16 bits per heavy atom. The fourth-order valence-corrected chi connectivity index (χ4v) is 3.22. The second kappa shape index (κ2) is 6.55. The predicted octanol–water partition coefficient (Wildman–Crippen LogP) is 2.18. The highest BCUT2D eigenvalue weighted by molar-refractivity contribution is 4.90. The third-order valence-corrected chi connectivity index (χ3v) is 4.86. The number of rotatable bonds is 4. The average Bonchev–Trinajstić information content (AvgIpc) is 2.37. The third-order valence-electron chi connectivity index (χ3n) is 4.86. The lowest BCUT2D eigenvalue weighted by Crippen LogP contribution is -2.58. The van der Waals surface area contributed by atoms with Crippen molar-refractivity contribution < 1.29 is 0 Å². The van der Waals surface area contributed by atoms with Crippen molar-refractivity contribution in [1.82, 2.24) is 15.1 Å². The van der Waals surface area contributed by atoms with Crippen molar-refractivity contribution in [3.05, 3.63) is 0 Å². The van der Waals surface area contributed by atoms with Crippen LogP contribution >= 0.6 is 0 Å². The molecule has 112 valence electrons. The standard InChI is InChI=1S/C16H33N3/c1-14(2)6-8-18-9-11-19(12-10-18)15-5-7-16(3,4)17-13-15/h14-15,17H,5-13H2,1-4H3. The Labute approximate surface area is 119 Å². The van der Waals surface area contributed by atoms with Crippen LogP contribution in [0.25, 0.3) is 0 Å². The van der Waals surface area contributed by atoms with Gasteiger partial charge in [-0.3, -0.25) is 4.90 Å². The Balaban J connectivity index is 1.69. The molecule has 2 aliphatic rings. The number of piperazine rings is 1. The zero-order valence-electron chi connectivity index (χ0n) is 13.4. The minimum Gasteiger partial charge on any atom is -0.310 e. The fraction of sp³-hybridized carbons (Fsp3) is 1.00. The monoisotopic (exact) mass is 267 g/mol. The Hall–Kier alpha value is -0.120. The minimum atomic E-state index is 0.357. The average molecular weight is 267 g/mol. The van der Waals surface area contributed by atoms with Gasteiger partial charge in [0.1, 0.15) is 0 Å². The molecule has 2 fully saturated rings.